The number of urea groups is 1. The average Bonchev–Trinajstić information content (AvgIpc) is 2.97. The highest BCUT2D eigenvalue weighted by atomic mass is 16.5. The molecule has 0 aliphatic carbocycles. The first-order valence-electron chi connectivity index (χ1n) is 9.36. The Balaban J connectivity index is 1.58. The Hall–Kier alpha value is -4.21. The third-order valence-electron chi connectivity index (χ3n) is 4.53. The Labute approximate surface area is 177 Å². The number of methoxy groups -OCH3 is 1. The van der Waals surface area contributed by atoms with Gasteiger partial charge in [-0.25, -0.2) is 9.69 Å². The second kappa shape index (κ2) is 9.08. The quantitative estimate of drug-likeness (QED) is 0.515. The van der Waals surface area contributed by atoms with Gasteiger partial charge >= 0.3 is 17.8 Å². The van der Waals surface area contributed by atoms with E-state index in [1.54, 1.807) is 38.3 Å². The molecule has 1 aliphatic rings. The molecule has 2 aromatic carbocycles. The monoisotopic (exact) mass is 424 g/mol. The molecule has 0 aromatic heterocycles. The summed E-state index contributed by atoms with van der Waals surface area (Å²) >= 11 is 0. The van der Waals surface area contributed by atoms with Gasteiger partial charge in [0, 0.05) is 23.5 Å². The van der Waals surface area contributed by atoms with Crippen LogP contribution in [0.3, 0.4) is 0 Å². The molecule has 0 saturated carbocycles. The number of amides is 6. The van der Waals surface area contributed by atoms with Gasteiger partial charge in [-0.05, 0) is 55.5 Å². The van der Waals surface area contributed by atoms with Gasteiger partial charge in [-0.2, -0.15) is 0 Å². The van der Waals surface area contributed by atoms with Crippen LogP contribution >= 0.6 is 0 Å². The minimum atomic E-state index is -1.03. The first-order chi connectivity index (χ1) is 14.8. The fourth-order valence-electron chi connectivity index (χ4n) is 2.90. The molecule has 1 heterocycles. The van der Waals surface area contributed by atoms with Gasteiger partial charge in [-0.1, -0.05) is 0 Å². The van der Waals surface area contributed by atoms with E-state index in [4.69, 9.17) is 4.74 Å². The number of rotatable bonds is 7. The van der Waals surface area contributed by atoms with Gasteiger partial charge in [0.1, 0.15) is 12.3 Å². The molecule has 0 atom stereocenters. The van der Waals surface area contributed by atoms with Gasteiger partial charge in [0.25, 0.3) is 5.91 Å². The lowest BCUT2D eigenvalue weighted by Gasteiger charge is -2.14. The zero-order valence-electron chi connectivity index (χ0n) is 16.9. The van der Waals surface area contributed by atoms with E-state index in [2.05, 4.69) is 10.6 Å². The lowest BCUT2D eigenvalue weighted by atomic mass is 10.2. The Morgan fingerprint density at radius 1 is 0.839 bits per heavy atom. The highest BCUT2D eigenvalue weighted by Gasteiger charge is 2.44. The van der Waals surface area contributed by atoms with E-state index in [0.29, 0.717) is 27.6 Å². The maximum absolute atomic E-state index is 12.3. The molecule has 10 nitrogen and oxygen atoms in total. The van der Waals surface area contributed by atoms with Crippen molar-refractivity contribution in [2.45, 2.75) is 6.92 Å². The summed E-state index contributed by atoms with van der Waals surface area (Å²) in [6.07, 6.45) is 0. The smallest absolute Gasteiger partial charge is 0.334 e. The molecule has 1 aliphatic heterocycles. The number of hydrogen-bond acceptors (Lipinski definition) is 6. The van der Waals surface area contributed by atoms with Gasteiger partial charge in [0.15, 0.2) is 0 Å². The van der Waals surface area contributed by atoms with Crippen molar-refractivity contribution in [1.29, 1.82) is 0 Å². The Morgan fingerprint density at radius 3 is 1.94 bits per heavy atom. The number of nitrogens with one attached hydrogen (secondary N) is 2. The molecular weight excluding hydrogens is 404 g/mol. The molecule has 3 rings (SSSR count). The van der Waals surface area contributed by atoms with Gasteiger partial charge in [0.2, 0.25) is 5.91 Å². The molecule has 1 fully saturated rings. The number of imide groups is 2. The van der Waals surface area contributed by atoms with Crippen molar-refractivity contribution >= 4 is 41.0 Å². The molecule has 0 unspecified atom stereocenters. The number of hydrogen-bond donors (Lipinski definition) is 2. The van der Waals surface area contributed by atoms with Crippen molar-refractivity contribution in [1.82, 2.24) is 9.80 Å². The maximum atomic E-state index is 12.3. The van der Waals surface area contributed by atoms with E-state index < -0.39 is 30.3 Å². The molecule has 6 amide bonds. The van der Waals surface area contributed by atoms with Gasteiger partial charge in [0.05, 0.1) is 7.11 Å². The third kappa shape index (κ3) is 4.69. The van der Waals surface area contributed by atoms with Crippen LogP contribution in [-0.4, -0.2) is 59.7 Å². The molecule has 0 bridgehead atoms. The molecule has 31 heavy (non-hydrogen) atoms. The molecule has 2 N–H and O–H groups in total. The van der Waals surface area contributed by atoms with E-state index >= 15 is 0 Å². The van der Waals surface area contributed by atoms with E-state index in [1.807, 2.05) is 0 Å². The van der Waals surface area contributed by atoms with E-state index in [0.717, 1.165) is 4.90 Å². The zero-order valence-corrected chi connectivity index (χ0v) is 16.9. The summed E-state index contributed by atoms with van der Waals surface area (Å²) in [6, 6.07) is 12.1. The molecular formula is C21H20N4O6. The fraction of sp³-hybridized carbons (Fsp3) is 0.190. The summed E-state index contributed by atoms with van der Waals surface area (Å²) in [5.74, 6) is -2.31. The van der Waals surface area contributed by atoms with Crippen molar-refractivity contribution in [3.63, 3.8) is 0 Å². The Kier molecular flexibility index (Phi) is 6.29. The van der Waals surface area contributed by atoms with Crippen LogP contribution in [0, 0.1) is 0 Å². The summed E-state index contributed by atoms with van der Waals surface area (Å²) in [6.45, 7) is 1.01. The van der Waals surface area contributed by atoms with Crippen LogP contribution in [0.1, 0.15) is 17.3 Å². The third-order valence-corrected chi connectivity index (χ3v) is 4.53. The van der Waals surface area contributed by atoms with Crippen molar-refractivity contribution in [2.75, 3.05) is 30.8 Å². The predicted molar refractivity (Wildman–Crippen MR) is 111 cm³/mol. The van der Waals surface area contributed by atoms with E-state index in [9.17, 15) is 24.0 Å². The first kappa shape index (κ1) is 21.5. The molecule has 160 valence electrons. The lowest BCUT2D eigenvalue weighted by Crippen LogP contribution is -2.38. The fourth-order valence-corrected chi connectivity index (χ4v) is 2.90. The van der Waals surface area contributed by atoms with Crippen LogP contribution in [0.5, 0.6) is 5.75 Å². The Bertz CT molecular complexity index is 1030. The number of anilines is 2. The molecule has 0 spiro atoms. The summed E-state index contributed by atoms with van der Waals surface area (Å²) in [4.78, 5) is 61.5. The largest absolute Gasteiger partial charge is 0.497 e. The van der Waals surface area contributed by atoms with Gasteiger partial charge < -0.3 is 15.4 Å². The molecule has 1 saturated heterocycles. The number of nitrogens with zero attached hydrogens (tertiary/aromatic N) is 2. The van der Waals surface area contributed by atoms with Crippen molar-refractivity contribution in [3.8, 4) is 5.75 Å². The van der Waals surface area contributed by atoms with Crippen LogP contribution in [0.15, 0.2) is 48.5 Å². The summed E-state index contributed by atoms with van der Waals surface area (Å²) in [5, 5.41) is 5.27. The molecule has 2 aromatic rings. The number of carbonyl (C=O) groups excluding carboxylic acids is 5. The second-order valence-electron chi connectivity index (χ2n) is 6.53. The van der Waals surface area contributed by atoms with E-state index in [-0.39, 0.29) is 12.5 Å². The summed E-state index contributed by atoms with van der Waals surface area (Å²) in [7, 11) is 1.55. The number of benzene rings is 2. The lowest BCUT2D eigenvalue weighted by molar-refractivity contribution is -0.143. The number of carbonyl (C=O) groups is 5. The standard InChI is InChI=1S/C21H20N4O6/c1-3-24-19(28)20(29)25(21(24)30)12-17(26)22-14-6-4-13(5-7-14)18(27)23-15-8-10-16(31-2)11-9-15/h4-11H,3,12H2,1-2H3,(H,22,26)(H,23,27). The highest BCUT2D eigenvalue weighted by Crippen LogP contribution is 2.17. The van der Waals surface area contributed by atoms with Crippen LogP contribution < -0.4 is 15.4 Å². The summed E-state index contributed by atoms with van der Waals surface area (Å²) < 4.78 is 5.07. The highest BCUT2D eigenvalue weighted by molar-refractivity contribution is 6.45. The van der Waals surface area contributed by atoms with Crippen LogP contribution in [0.25, 0.3) is 0 Å². The van der Waals surface area contributed by atoms with Crippen molar-refractivity contribution < 1.29 is 28.7 Å². The average molecular weight is 424 g/mol. The van der Waals surface area contributed by atoms with Gasteiger partial charge in [-0.15, -0.1) is 0 Å². The van der Waals surface area contributed by atoms with Gasteiger partial charge in [-0.3, -0.25) is 24.1 Å². The summed E-state index contributed by atoms with van der Waals surface area (Å²) in [5.41, 5.74) is 1.32. The van der Waals surface area contributed by atoms with Crippen LogP contribution in [0.4, 0.5) is 16.2 Å². The topological polar surface area (TPSA) is 125 Å². The first-order valence-corrected chi connectivity index (χ1v) is 9.36. The second-order valence-corrected chi connectivity index (χ2v) is 6.53. The van der Waals surface area contributed by atoms with Crippen LogP contribution in [-0.2, 0) is 14.4 Å². The SMILES string of the molecule is CCN1C(=O)C(=O)N(CC(=O)Nc2ccc(C(=O)Nc3ccc(OC)cc3)cc2)C1=O. The molecule has 10 heteroatoms. The minimum Gasteiger partial charge on any atom is -0.497 e. The number of ether oxygens (including phenoxy) is 1. The van der Waals surface area contributed by atoms with E-state index in [1.165, 1.54) is 24.3 Å². The Morgan fingerprint density at radius 2 is 1.39 bits per heavy atom. The normalized spacial score (nSPS) is 13.4. The number of likely N-dealkylation sites (N-methyl/N-ethyl adjacent to an activating group) is 1. The van der Waals surface area contributed by atoms with Crippen molar-refractivity contribution in [3.05, 3.63) is 54.1 Å². The zero-order chi connectivity index (χ0) is 22.5. The molecule has 0 radical (unpaired) electrons. The van der Waals surface area contributed by atoms with Crippen molar-refractivity contribution in [2.24, 2.45) is 0 Å². The maximum Gasteiger partial charge on any atom is 0.334 e. The van der Waals surface area contributed by atoms with Crippen LogP contribution in [0.2, 0.25) is 0 Å². The predicted octanol–water partition coefficient (Wildman–Crippen LogP) is 1.70. The minimum absolute atomic E-state index is 0.0432.